The first kappa shape index (κ1) is 18.3. The number of H-pyrrole nitrogens is 1. The highest BCUT2D eigenvalue weighted by Gasteiger charge is 2.27. The number of aromatic amines is 1. The fourth-order valence-electron chi connectivity index (χ4n) is 3.73. The Labute approximate surface area is 176 Å². The van der Waals surface area contributed by atoms with Gasteiger partial charge in [0.25, 0.3) is 0 Å². The average molecular weight is 426 g/mol. The molecule has 5 rings (SSSR count). The Kier molecular flexibility index (Phi) is 4.76. The van der Waals surface area contributed by atoms with E-state index >= 15 is 0 Å². The van der Waals surface area contributed by atoms with Crippen molar-refractivity contribution in [2.45, 2.75) is 25.3 Å². The lowest BCUT2D eigenvalue weighted by molar-refractivity contribution is -0.132. The third kappa shape index (κ3) is 3.51. The maximum Gasteiger partial charge on any atom is 0.242 e. The Balaban J connectivity index is 1.26. The van der Waals surface area contributed by atoms with Crippen LogP contribution < -0.4 is 0 Å². The summed E-state index contributed by atoms with van der Waals surface area (Å²) in [6.07, 6.45) is 1.68. The highest BCUT2D eigenvalue weighted by Crippen LogP contribution is 2.30. The van der Waals surface area contributed by atoms with Crippen LogP contribution in [-0.2, 0) is 11.3 Å². The molecule has 1 aliphatic heterocycles. The van der Waals surface area contributed by atoms with E-state index in [4.69, 9.17) is 16.6 Å². The molecule has 0 aliphatic carbocycles. The minimum absolute atomic E-state index is 0.0521. The smallest absolute Gasteiger partial charge is 0.242 e. The number of nitrogens with zero attached hydrogens (tertiary/aromatic N) is 4. The van der Waals surface area contributed by atoms with Crippen LogP contribution in [0.15, 0.2) is 46.2 Å². The second-order valence-corrected chi connectivity index (χ2v) is 8.43. The second kappa shape index (κ2) is 7.57. The van der Waals surface area contributed by atoms with Crippen molar-refractivity contribution in [2.24, 2.45) is 0 Å². The summed E-state index contributed by atoms with van der Waals surface area (Å²) >= 11 is 6.91. The van der Waals surface area contributed by atoms with Crippen LogP contribution in [0.1, 0.15) is 24.7 Å². The van der Waals surface area contributed by atoms with Crippen molar-refractivity contribution in [3.05, 3.63) is 52.4 Å². The number of para-hydroxylation sites is 2. The summed E-state index contributed by atoms with van der Waals surface area (Å²) in [7, 11) is 0. The van der Waals surface area contributed by atoms with E-state index in [0.717, 1.165) is 34.7 Å². The Bertz CT molecular complexity index is 1170. The summed E-state index contributed by atoms with van der Waals surface area (Å²) in [5.74, 6) is 1.77. The first-order valence-corrected chi connectivity index (χ1v) is 10.8. The maximum atomic E-state index is 12.9. The van der Waals surface area contributed by atoms with Crippen molar-refractivity contribution in [3.63, 3.8) is 0 Å². The van der Waals surface area contributed by atoms with Crippen molar-refractivity contribution < 1.29 is 9.21 Å². The van der Waals surface area contributed by atoms with Gasteiger partial charge in [0.15, 0.2) is 22.1 Å². The molecule has 7 nitrogen and oxygen atoms in total. The van der Waals surface area contributed by atoms with Crippen LogP contribution in [0.2, 0.25) is 0 Å². The summed E-state index contributed by atoms with van der Waals surface area (Å²) in [5, 5.41) is 9.08. The summed E-state index contributed by atoms with van der Waals surface area (Å²) in [6.45, 7) is 1.56. The molecule has 0 saturated carbocycles. The number of carbonyl (C=O) groups excluding carboxylic acids is 1. The third-order valence-corrected chi connectivity index (χ3v) is 6.48. The van der Waals surface area contributed by atoms with Crippen molar-refractivity contribution in [3.8, 4) is 10.7 Å². The number of likely N-dealkylation sites (tertiary alicyclic amines) is 1. The van der Waals surface area contributed by atoms with E-state index in [1.54, 1.807) is 15.9 Å². The Morgan fingerprint density at radius 2 is 2.07 bits per heavy atom. The molecule has 0 spiro atoms. The van der Waals surface area contributed by atoms with E-state index in [1.807, 2.05) is 46.7 Å². The first-order chi connectivity index (χ1) is 14.2. The van der Waals surface area contributed by atoms with E-state index in [9.17, 15) is 4.79 Å². The summed E-state index contributed by atoms with van der Waals surface area (Å²) in [6, 6.07) is 11.7. The standard InChI is InChI=1S/C20H19N5O2S2/c26-17(12-25-18(22-23-20(25)28)16-6-3-11-29-16)24-9-7-13(8-10-24)19-21-14-4-1-2-5-15(14)27-19/h1-6,11,13H,7-10,12H2,(H,23,28). The van der Waals surface area contributed by atoms with Gasteiger partial charge in [0, 0.05) is 19.0 Å². The third-order valence-electron chi connectivity index (χ3n) is 5.30. The number of hydrogen-bond donors (Lipinski definition) is 1. The SMILES string of the molecule is O=C(Cn1c(-c2cccs2)n[nH]c1=S)N1CCC(c2nc3ccccc3o2)CC1. The minimum Gasteiger partial charge on any atom is -0.440 e. The van der Waals surface area contributed by atoms with Crippen LogP contribution >= 0.6 is 23.6 Å². The van der Waals surface area contributed by atoms with Crippen LogP contribution in [0.4, 0.5) is 0 Å². The molecule has 0 radical (unpaired) electrons. The molecule has 29 heavy (non-hydrogen) atoms. The van der Waals surface area contributed by atoms with Gasteiger partial charge in [-0.1, -0.05) is 18.2 Å². The van der Waals surface area contributed by atoms with Gasteiger partial charge in [0.1, 0.15) is 12.1 Å². The van der Waals surface area contributed by atoms with E-state index in [0.29, 0.717) is 23.7 Å². The molecule has 4 heterocycles. The fourth-order valence-corrected chi connectivity index (χ4v) is 4.65. The van der Waals surface area contributed by atoms with Crippen LogP contribution in [0, 0.1) is 4.77 Å². The quantitative estimate of drug-likeness (QED) is 0.495. The molecule has 1 saturated heterocycles. The van der Waals surface area contributed by atoms with Crippen molar-refractivity contribution in [1.29, 1.82) is 0 Å². The number of amides is 1. The number of piperidine rings is 1. The number of thiophene rings is 1. The number of carbonyl (C=O) groups is 1. The predicted octanol–water partition coefficient (Wildman–Crippen LogP) is 4.22. The Morgan fingerprint density at radius 1 is 1.24 bits per heavy atom. The largest absolute Gasteiger partial charge is 0.440 e. The van der Waals surface area contributed by atoms with Gasteiger partial charge in [-0.05, 0) is 48.6 Å². The average Bonchev–Trinajstić information content (AvgIpc) is 3.48. The maximum absolute atomic E-state index is 12.9. The van der Waals surface area contributed by atoms with E-state index < -0.39 is 0 Å². The van der Waals surface area contributed by atoms with Gasteiger partial charge >= 0.3 is 0 Å². The van der Waals surface area contributed by atoms with E-state index in [-0.39, 0.29) is 18.4 Å². The number of nitrogens with one attached hydrogen (secondary N) is 1. The molecule has 1 N–H and O–H groups in total. The molecule has 148 valence electrons. The summed E-state index contributed by atoms with van der Waals surface area (Å²) in [4.78, 5) is 20.4. The zero-order valence-corrected chi connectivity index (χ0v) is 17.2. The topological polar surface area (TPSA) is 80.0 Å². The van der Waals surface area contributed by atoms with Gasteiger partial charge in [-0.3, -0.25) is 14.5 Å². The molecule has 0 bridgehead atoms. The van der Waals surface area contributed by atoms with Crippen LogP contribution in [0.3, 0.4) is 0 Å². The lowest BCUT2D eigenvalue weighted by Crippen LogP contribution is -2.39. The molecular formula is C20H19N5O2S2. The molecule has 1 amide bonds. The number of benzene rings is 1. The Hall–Kier alpha value is -2.78. The second-order valence-electron chi connectivity index (χ2n) is 7.09. The van der Waals surface area contributed by atoms with Crippen molar-refractivity contribution in [2.75, 3.05) is 13.1 Å². The molecular weight excluding hydrogens is 406 g/mol. The number of fused-ring (bicyclic) bond motifs is 1. The molecule has 1 aromatic carbocycles. The van der Waals surface area contributed by atoms with Gasteiger partial charge in [-0.15, -0.1) is 11.3 Å². The number of oxazole rings is 1. The normalized spacial score (nSPS) is 15.2. The fraction of sp³-hybridized carbons (Fsp3) is 0.300. The molecule has 4 aromatic rings. The molecule has 3 aromatic heterocycles. The lowest BCUT2D eigenvalue weighted by atomic mass is 9.97. The van der Waals surface area contributed by atoms with Gasteiger partial charge in [0.2, 0.25) is 5.91 Å². The lowest BCUT2D eigenvalue weighted by Gasteiger charge is -2.30. The summed E-state index contributed by atoms with van der Waals surface area (Å²) < 4.78 is 8.15. The van der Waals surface area contributed by atoms with Crippen LogP contribution in [0.25, 0.3) is 21.8 Å². The van der Waals surface area contributed by atoms with Gasteiger partial charge in [0.05, 0.1) is 4.88 Å². The minimum atomic E-state index is 0.0521. The zero-order chi connectivity index (χ0) is 19.8. The molecule has 0 unspecified atom stereocenters. The number of hydrogen-bond acceptors (Lipinski definition) is 6. The van der Waals surface area contributed by atoms with E-state index in [2.05, 4.69) is 15.2 Å². The highest BCUT2D eigenvalue weighted by molar-refractivity contribution is 7.71. The Morgan fingerprint density at radius 3 is 2.83 bits per heavy atom. The molecule has 9 heteroatoms. The monoisotopic (exact) mass is 425 g/mol. The molecule has 1 fully saturated rings. The van der Waals surface area contributed by atoms with Gasteiger partial charge < -0.3 is 9.32 Å². The van der Waals surface area contributed by atoms with Gasteiger partial charge in [-0.25, -0.2) is 4.98 Å². The zero-order valence-electron chi connectivity index (χ0n) is 15.6. The van der Waals surface area contributed by atoms with Crippen LogP contribution in [-0.4, -0.2) is 43.6 Å². The highest BCUT2D eigenvalue weighted by atomic mass is 32.1. The van der Waals surface area contributed by atoms with Gasteiger partial charge in [-0.2, -0.15) is 5.10 Å². The number of rotatable bonds is 4. The number of aromatic nitrogens is 4. The molecule has 1 aliphatic rings. The van der Waals surface area contributed by atoms with Crippen molar-refractivity contribution in [1.82, 2.24) is 24.6 Å². The predicted molar refractivity (Wildman–Crippen MR) is 113 cm³/mol. The van der Waals surface area contributed by atoms with E-state index in [1.165, 1.54) is 0 Å². The molecule has 0 atom stereocenters. The summed E-state index contributed by atoms with van der Waals surface area (Å²) in [5.41, 5.74) is 1.70. The van der Waals surface area contributed by atoms with Crippen molar-refractivity contribution >= 4 is 40.6 Å². The van der Waals surface area contributed by atoms with Crippen LogP contribution in [0.5, 0.6) is 0 Å². The first-order valence-electron chi connectivity index (χ1n) is 9.51.